The summed E-state index contributed by atoms with van der Waals surface area (Å²) in [5.41, 5.74) is 0. The normalized spacial score (nSPS) is 19.1. The van der Waals surface area contributed by atoms with Crippen LogP contribution in [0.3, 0.4) is 0 Å². The molecular weight excluding hydrogens is 414 g/mol. The first-order valence-electron chi connectivity index (χ1n) is 9.49. The molecule has 11 heteroatoms. The number of aromatic nitrogens is 2. The predicted octanol–water partition coefficient (Wildman–Crippen LogP) is 1.09. The molecular formula is C19H26ClN5O5. The van der Waals surface area contributed by atoms with Gasteiger partial charge >= 0.3 is 0 Å². The minimum atomic E-state index is -0.250. The van der Waals surface area contributed by atoms with Crippen LogP contribution in [-0.2, 0) is 16.1 Å². The average Bonchev–Trinajstić information content (AvgIpc) is 3.33. The van der Waals surface area contributed by atoms with Gasteiger partial charge in [-0.05, 0) is 32.0 Å². The van der Waals surface area contributed by atoms with Gasteiger partial charge in [0.15, 0.2) is 5.76 Å². The number of carbonyl (C=O) groups excluding carboxylic acids is 2. The number of hydrogen-bond donors (Lipinski definition) is 3. The smallest absolute Gasteiger partial charge is 0.290 e. The van der Waals surface area contributed by atoms with Crippen LogP contribution in [0.2, 0.25) is 5.02 Å². The molecule has 0 spiro atoms. The van der Waals surface area contributed by atoms with Gasteiger partial charge in [0.2, 0.25) is 5.91 Å². The summed E-state index contributed by atoms with van der Waals surface area (Å²) in [4.78, 5) is 35.1. The summed E-state index contributed by atoms with van der Waals surface area (Å²) in [5, 5.41) is 17.5. The summed E-state index contributed by atoms with van der Waals surface area (Å²) < 4.78 is 6.83. The third kappa shape index (κ3) is 7.53. The van der Waals surface area contributed by atoms with Crippen LogP contribution in [-0.4, -0.2) is 70.8 Å². The van der Waals surface area contributed by atoms with Crippen LogP contribution in [0.25, 0.3) is 0 Å². The van der Waals surface area contributed by atoms with Gasteiger partial charge in [-0.15, -0.1) is 0 Å². The second kappa shape index (κ2) is 12.0. The van der Waals surface area contributed by atoms with Crippen molar-refractivity contribution in [3.05, 3.63) is 41.6 Å². The molecule has 0 saturated carbocycles. The Hall–Kier alpha value is -2.85. The number of furan rings is 1. The van der Waals surface area contributed by atoms with Crippen LogP contribution in [0.15, 0.2) is 35.2 Å². The molecule has 0 radical (unpaired) electrons. The van der Waals surface area contributed by atoms with Crippen LogP contribution in [0, 0.1) is 5.92 Å². The fourth-order valence-electron chi connectivity index (χ4n) is 3.31. The van der Waals surface area contributed by atoms with E-state index in [0.29, 0.717) is 43.4 Å². The molecule has 3 N–H and O–H groups in total. The van der Waals surface area contributed by atoms with Crippen LogP contribution in [0.4, 0.5) is 0 Å². The number of likely N-dealkylation sites (tertiary alicyclic amines) is 1. The number of rotatable bonds is 6. The summed E-state index contributed by atoms with van der Waals surface area (Å²) >= 11 is 5.83. The van der Waals surface area contributed by atoms with Crippen LogP contribution < -0.4 is 10.6 Å². The quantitative estimate of drug-likeness (QED) is 0.574. The molecule has 2 atom stereocenters. The van der Waals surface area contributed by atoms with Crippen LogP contribution >= 0.6 is 11.6 Å². The lowest BCUT2D eigenvalue weighted by Crippen LogP contribution is -2.42. The molecule has 2 aromatic heterocycles. The van der Waals surface area contributed by atoms with Gasteiger partial charge in [-0.25, -0.2) is 0 Å². The minimum absolute atomic E-state index is 0.0170. The van der Waals surface area contributed by atoms with Crippen molar-refractivity contribution in [1.82, 2.24) is 25.3 Å². The molecule has 3 rings (SSSR count). The van der Waals surface area contributed by atoms with Crippen molar-refractivity contribution in [2.75, 3.05) is 26.7 Å². The van der Waals surface area contributed by atoms with Crippen LogP contribution in [0.1, 0.15) is 23.4 Å². The Balaban J connectivity index is 0.00000101. The summed E-state index contributed by atoms with van der Waals surface area (Å²) in [6.45, 7) is 2.17. The van der Waals surface area contributed by atoms with E-state index >= 15 is 0 Å². The fourth-order valence-corrected chi connectivity index (χ4v) is 3.46. The molecule has 0 aliphatic carbocycles. The van der Waals surface area contributed by atoms with E-state index in [1.807, 2.05) is 7.05 Å². The third-order valence-corrected chi connectivity index (χ3v) is 4.82. The maximum Gasteiger partial charge on any atom is 0.290 e. The number of carbonyl (C=O) groups is 3. The van der Waals surface area contributed by atoms with E-state index in [1.54, 1.807) is 29.2 Å². The first kappa shape index (κ1) is 23.4. The lowest BCUT2D eigenvalue weighted by Gasteiger charge is -2.21. The van der Waals surface area contributed by atoms with Crippen molar-refractivity contribution in [2.45, 2.75) is 25.4 Å². The maximum absolute atomic E-state index is 12.5. The Labute approximate surface area is 179 Å². The van der Waals surface area contributed by atoms with Crippen molar-refractivity contribution in [3.8, 4) is 0 Å². The maximum atomic E-state index is 12.5. The molecule has 1 fully saturated rings. The van der Waals surface area contributed by atoms with Crippen molar-refractivity contribution < 1.29 is 23.9 Å². The molecule has 10 nitrogen and oxygen atoms in total. The van der Waals surface area contributed by atoms with E-state index in [4.69, 9.17) is 25.9 Å². The van der Waals surface area contributed by atoms with E-state index in [9.17, 15) is 9.59 Å². The van der Waals surface area contributed by atoms with Gasteiger partial charge in [-0.3, -0.25) is 19.1 Å². The first-order valence-corrected chi connectivity index (χ1v) is 9.87. The van der Waals surface area contributed by atoms with E-state index < -0.39 is 0 Å². The monoisotopic (exact) mass is 439 g/mol. The summed E-state index contributed by atoms with van der Waals surface area (Å²) in [7, 11) is 1.96. The second-order valence-electron chi connectivity index (χ2n) is 6.96. The minimum Gasteiger partial charge on any atom is -0.483 e. The van der Waals surface area contributed by atoms with Crippen molar-refractivity contribution in [2.24, 2.45) is 5.92 Å². The molecule has 0 unspecified atom stereocenters. The van der Waals surface area contributed by atoms with Crippen molar-refractivity contribution >= 4 is 29.9 Å². The summed E-state index contributed by atoms with van der Waals surface area (Å²) in [5.74, 6) is -0.00561. The van der Waals surface area contributed by atoms with E-state index in [2.05, 4.69) is 20.6 Å². The van der Waals surface area contributed by atoms with Gasteiger partial charge < -0.3 is 25.1 Å². The van der Waals surface area contributed by atoms with E-state index in [-0.39, 0.29) is 30.2 Å². The molecule has 30 heavy (non-hydrogen) atoms. The Morgan fingerprint density at radius 3 is 2.80 bits per heavy atom. The van der Waals surface area contributed by atoms with Gasteiger partial charge in [0.25, 0.3) is 12.4 Å². The molecule has 0 bridgehead atoms. The molecule has 0 aromatic carbocycles. The number of halogens is 1. The van der Waals surface area contributed by atoms with E-state index in [0.717, 1.165) is 6.42 Å². The SMILES string of the molecule is CN1C[C@@H](NC(=O)c2ccco2)CC[C@@H](C(=O)NCCn2cc(Cl)cn2)C1.O=CO. The Kier molecular flexibility index (Phi) is 9.36. The predicted molar refractivity (Wildman–Crippen MR) is 109 cm³/mol. The van der Waals surface area contributed by atoms with Crippen LogP contribution in [0.5, 0.6) is 0 Å². The number of nitrogens with zero attached hydrogens (tertiary/aromatic N) is 3. The first-order chi connectivity index (χ1) is 14.4. The zero-order valence-electron chi connectivity index (χ0n) is 16.7. The highest BCUT2D eigenvalue weighted by molar-refractivity contribution is 6.30. The number of amides is 2. The van der Waals surface area contributed by atoms with Gasteiger partial charge in [-0.1, -0.05) is 11.6 Å². The highest BCUT2D eigenvalue weighted by atomic mass is 35.5. The zero-order valence-corrected chi connectivity index (χ0v) is 17.4. The van der Waals surface area contributed by atoms with E-state index in [1.165, 1.54) is 6.26 Å². The largest absolute Gasteiger partial charge is 0.483 e. The van der Waals surface area contributed by atoms with Gasteiger partial charge in [-0.2, -0.15) is 5.10 Å². The second-order valence-corrected chi connectivity index (χ2v) is 7.40. The Morgan fingerprint density at radius 1 is 1.40 bits per heavy atom. The topological polar surface area (TPSA) is 130 Å². The van der Waals surface area contributed by atoms with Crippen molar-refractivity contribution in [3.63, 3.8) is 0 Å². The number of nitrogens with one attached hydrogen (secondary N) is 2. The number of likely N-dealkylation sites (N-methyl/N-ethyl adjacent to an activating group) is 1. The lowest BCUT2D eigenvalue weighted by atomic mass is 10.0. The molecule has 1 saturated heterocycles. The third-order valence-electron chi connectivity index (χ3n) is 4.62. The van der Waals surface area contributed by atoms with Gasteiger partial charge in [0, 0.05) is 31.9 Å². The van der Waals surface area contributed by atoms with Gasteiger partial charge in [0.1, 0.15) is 0 Å². The molecule has 2 aromatic rings. The summed E-state index contributed by atoms with van der Waals surface area (Å²) in [6.07, 6.45) is 6.22. The highest BCUT2D eigenvalue weighted by Gasteiger charge is 2.27. The standard InChI is InChI=1S/C18H24ClN5O3.CH2O2/c1-23-10-13(17(25)20-6-7-24-11-14(19)9-21-24)4-5-15(12-23)22-18(26)16-3-2-8-27-16;2-1-3/h2-3,8-9,11,13,15H,4-7,10,12H2,1H3,(H,20,25)(H,22,26);1H,(H,2,3)/t13-,15+;/m1./s1. The summed E-state index contributed by atoms with van der Waals surface area (Å²) in [6, 6.07) is 3.31. The molecule has 1 aliphatic heterocycles. The van der Waals surface area contributed by atoms with Crippen molar-refractivity contribution in [1.29, 1.82) is 0 Å². The lowest BCUT2D eigenvalue weighted by molar-refractivity contribution is -0.125. The highest BCUT2D eigenvalue weighted by Crippen LogP contribution is 2.17. The number of carboxylic acid groups (broad SMARTS) is 1. The Morgan fingerprint density at radius 2 is 2.17 bits per heavy atom. The number of hydrogen-bond acceptors (Lipinski definition) is 6. The van der Waals surface area contributed by atoms with Gasteiger partial charge in [0.05, 0.1) is 29.9 Å². The Bertz CT molecular complexity index is 810. The molecule has 164 valence electrons. The molecule has 2 amide bonds. The zero-order chi connectivity index (χ0) is 21.9. The molecule has 3 heterocycles. The fraction of sp³-hybridized carbons (Fsp3) is 0.474. The molecule has 1 aliphatic rings. The average molecular weight is 440 g/mol.